The van der Waals surface area contributed by atoms with Crippen molar-refractivity contribution in [2.75, 3.05) is 9.80 Å². The van der Waals surface area contributed by atoms with Gasteiger partial charge in [-0.15, -0.1) is 48.1 Å². The number of hydrogen-bond donors (Lipinski definition) is 0. The van der Waals surface area contributed by atoms with Crippen molar-refractivity contribution in [2.24, 2.45) is 0 Å². The van der Waals surface area contributed by atoms with Gasteiger partial charge < -0.3 is 19.1 Å². The molecule has 1 aliphatic heterocycles. The minimum absolute atomic E-state index is 0. The molecule has 0 bridgehead atoms. The van der Waals surface area contributed by atoms with Gasteiger partial charge in [0.05, 0.1) is 0 Å². The molecule has 0 saturated carbocycles. The summed E-state index contributed by atoms with van der Waals surface area (Å²) >= 11 is 0. The van der Waals surface area contributed by atoms with Crippen molar-refractivity contribution < 1.29 is 25.8 Å². The first-order valence-electron chi connectivity index (χ1n) is 23.4. The molecule has 6 heteroatoms. The molecule has 70 heavy (non-hydrogen) atoms. The average Bonchev–Trinajstić information content (AvgIpc) is 3.95. The van der Waals surface area contributed by atoms with Crippen molar-refractivity contribution in [2.45, 2.75) is 26.2 Å². The summed E-state index contributed by atoms with van der Waals surface area (Å²) in [6.45, 7) is 8.87. The predicted molar refractivity (Wildman–Crippen MR) is 285 cm³/mol. The van der Waals surface area contributed by atoms with Gasteiger partial charge in [-0.05, 0) is 91.7 Å². The smallest absolute Gasteiger partial charge is 0.135 e. The molecule has 11 aromatic rings. The van der Waals surface area contributed by atoms with Crippen LogP contribution in [0.15, 0.2) is 225 Å². The number of anilines is 4. The van der Waals surface area contributed by atoms with E-state index in [9.17, 15) is 0 Å². The van der Waals surface area contributed by atoms with E-state index < -0.39 is 0 Å². The van der Waals surface area contributed by atoms with Gasteiger partial charge in [0.15, 0.2) is 0 Å². The van der Waals surface area contributed by atoms with Gasteiger partial charge in [0.25, 0.3) is 0 Å². The van der Waals surface area contributed by atoms with E-state index >= 15 is 0 Å². The van der Waals surface area contributed by atoms with Crippen molar-refractivity contribution in [3.05, 3.63) is 249 Å². The van der Waals surface area contributed by atoms with Crippen LogP contribution in [0.3, 0.4) is 0 Å². The molecule has 0 aliphatic carbocycles. The molecule has 0 atom stereocenters. The zero-order chi connectivity index (χ0) is 46.5. The number of pyridine rings is 1. The first-order chi connectivity index (χ1) is 33.9. The maximum absolute atomic E-state index is 6.77. The van der Waals surface area contributed by atoms with E-state index in [-0.39, 0.29) is 26.5 Å². The maximum atomic E-state index is 6.77. The summed E-state index contributed by atoms with van der Waals surface area (Å²) < 4.78 is 8.98. The van der Waals surface area contributed by atoms with E-state index in [2.05, 4.69) is 254 Å². The van der Waals surface area contributed by atoms with Gasteiger partial charge in [-0.25, -0.2) is 4.98 Å². The van der Waals surface area contributed by atoms with Crippen LogP contribution in [0.5, 0.6) is 11.5 Å². The normalized spacial score (nSPS) is 12.3. The Balaban J connectivity index is 0.00000533. The Hall–Kier alpha value is -7.98. The summed E-state index contributed by atoms with van der Waals surface area (Å²) in [6, 6.07) is 84.3. The third kappa shape index (κ3) is 8.16. The number of rotatable bonds is 9. The van der Waals surface area contributed by atoms with Crippen molar-refractivity contribution >= 4 is 44.6 Å². The molecule has 0 saturated heterocycles. The third-order valence-electron chi connectivity index (χ3n) is 13.1. The molecule has 9 aromatic carbocycles. The van der Waals surface area contributed by atoms with Crippen molar-refractivity contribution in [1.82, 2.24) is 9.55 Å². The summed E-state index contributed by atoms with van der Waals surface area (Å²) in [4.78, 5) is 9.46. The SMILES string of the molecule is CC(C)(C)c1ccnc(-n2c3[c-]c(Oc4[c-]c(N5[CH-]N(c6ccccc6)c6c(-c7c(-c8ccccc8)cccc7-c7ccccc7)cccc65)ccc4)ccc3c3cc(-c4ccccc4)ccc32)c1.[Pt]. The number of benzene rings is 9. The van der Waals surface area contributed by atoms with Crippen LogP contribution < -0.4 is 14.5 Å². The fourth-order valence-electron chi connectivity index (χ4n) is 9.75. The second kappa shape index (κ2) is 18.5. The zero-order valence-electron chi connectivity index (χ0n) is 39.0. The molecular formula is C64H47N4OPt-3. The Morgan fingerprint density at radius 3 is 1.80 bits per heavy atom. The maximum Gasteiger partial charge on any atom is 0.135 e. The first-order valence-corrected chi connectivity index (χ1v) is 23.4. The van der Waals surface area contributed by atoms with Crippen LogP contribution in [-0.2, 0) is 26.5 Å². The summed E-state index contributed by atoms with van der Waals surface area (Å²) in [5.41, 5.74) is 16.4. The van der Waals surface area contributed by atoms with Crippen LogP contribution >= 0.6 is 0 Å². The molecule has 0 amide bonds. The van der Waals surface area contributed by atoms with Gasteiger partial charge in [0, 0.05) is 66.9 Å². The standard InChI is InChI=1S/C64H47N4O.Pt/c1-64(2,3)48-37-38-65-61(40-48)68-58-36-33-47(44-19-8-4-9-20-44)39-57(58)55-35-34-52(42-60(55)68)69-51-28-16-27-50(41-51)66-43-67(49-25-14-7-15-26-49)63-56(31-18-32-59(63)66)62-53(45-21-10-5-11-22-45)29-17-30-54(62)46-23-12-6-13-24-46;/h4-40,43H,1-3H3;/q-3;. The van der Waals surface area contributed by atoms with Gasteiger partial charge in [-0.3, -0.25) is 0 Å². The Morgan fingerprint density at radius 1 is 0.500 bits per heavy atom. The van der Waals surface area contributed by atoms with Gasteiger partial charge in [-0.2, -0.15) is 12.1 Å². The average molecular weight is 1080 g/mol. The second-order valence-electron chi connectivity index (χ2n) is 18.5. The predicted octanol–water partition coefficient (Wildman–Crippen LogP) is 16.9. The molecule has 2 aromatic heterocycles. The van der Waals surface area contributed by atoms with Gasteiger partial charge >= 0.3 is 0 Å². The van der Waals surface area contributed by atoms with Gasteiger partial charge in [-0.1, -0.05) is 178 Å². The minimum atomic E-state index is -0.0551. The number of fused-ring (bicyclic) bond motifs is 4. The van der Waals surface area contributed by atoms with E-state index in [1.165, 1.54) is 27.8 Å². The zero-order valence-corrected chi connectivity index (χ0v) is 41.2. The van der Waals surface area contributed by atoms with Gasteiger partial charge in [0.1, 0.15) is 5.82 Å². The molecule has 0 spiro atoms. The summed E-state index contributed by atoms with van der Waals surface area (Å²) in [5.74, 6) is 2.00. The summed E-state index contributed by atoms with van der Waals surface area (Å²) in [6.07, 6.45) is 1.91. The van der Waals surface area contributed by atoms with Gasteiger partial charge in [0.2, 0.25) is 0 Å². The van der Waals surface area contributed by atoms with Crippen LogP contribution in [0.2, 0.25) is 0 Å². The Kier molecular flexibility index (Phi) is 11.8. The minimum Gasteiger partial charge on any atom is -0.509 e. The fourth-order valence-corrected chi connectivity index (χ4v) is 9.75. The molecule has 0 N–H and O–H groups in total. The third-order valence-corrected chi connectivity index (χ3v) is 13.1. The van der Waals surface area contributed by atoms with E-state index in [0.717, 1.165) is 72.6 Å². The number of hydrogen-bond acceptors (Lipinski definition) is 4. The van der Waals surface area contributed by atoms with E-state index in [1.807, 2.05) is 24.4 Å². The van der Waals surface area contributed by atoms with Crippen molar-refractivity contribution in [1.29, 1.82) is 0 Å². The number of aromatic nitrogens is 2. The van der Waals surface area contributed by atoms with E-state index in [0.29, 0.717) is 11.5 Å². The molecule has 0 fully saturated rings. The van der Waals surface area contributed by atoms with Crippen LogP contribution in [0.25, 0.3) is 72.1 Å². The van der Waals surface area contributed by atoms with E-state index in [4.69, 9.17) is 9.72 Å². The number of para-hydroxylation sites is 2. The quantitative estimate of drug-likeness (QED) is 0.135. The Morgan fingerprint density at radius 2 is 1.11 bits per heavy atom. The summed E-state index contributed by atoms with van der Waals surface area (Å²) in [7, 11) is 0. The van der Waals surface area contributed by atoms with Crippen molar-refractivity contribution in [3.8, 4) is 61.8 Å². The number of nitrogens with zero attached hydrogens (tertiary/aromatic N) is 4. The molecular weight excluding hydrogens is 1040 g/mol. The Bertz CT molecular complexity index is 3600. The topological polar surface area (TPSA) is 33.5 Å². The molecule has 0 unspecified atom stereocenters. The fraction of sp³-hybridized carbons (Fsp3) is 0.0625. The molecule has 1 aliphatic rings. The molecule has 342 valence electrons. The molecule has 3 heterocycles. The molecule has 5 nitrogen and oxygen atoms in total. The molecule has 0 radical (unpaired) electrons. The van der Waals surface area contributed by atoms with Crippen molar-refractivity contribution in [3.63, 3.8) is 0 Å². The van der Waals surface area contributed by atoms with E-state index in [1.54, 1.807) is 0 Å². The van der Waals surface area contributed by atoms with Crippen LogP contribution in [-0.4, -0.2) is 9.55 Å². The Labute approximate surface area is 424 Å². The largest absolute Gasteiger partial charge is 0.509 e. The van der Waals surface area contributed by atoms with Crippen LogP contribution in [0, 0.1) is 18.8 Å². The number of ether oxygens (including phenoxy) is 1. The first kappa shape index (κ1) is 44.5. The van der Waals surface area contributed by atoms with Crippen LogP contribution in [0.1, 0.15) is 26.3 Å². The van der Waals surface area contributed by atoms with Crippen LogP contribution in [0.4, 0.5) is 22.7 Å². The monoisotopic (exact) mass is 1080 g/mol. The second-order valence-corrected chi connectivity index (χ2v) is 18.5. The summed E-state index contributed by atoms with van der Waals surface area (Å²) in [5, 5.41) is 2.19. The molecule has 12 rings (SSSR count).